The number of hydrogen-bond donors (Lipinski definition) is 1. The number of carbonyl (C=O) groups excluding carboxylic acids is 1. The SMILES string of the molecule is Cc1ccn([C@@H](CC2CCCC2)C(=O)Cc2ccc(C(=O)O)cn2)c(=O)c1. The molecule has 6 nitrogen and oxygen atoms in total. The zero-order valence-corrected chi connectivity index (χ0v) is 15.4. The van der Waals surface area contributed by atoms with Crippen molar-refractivity contribution in [3.05, 3.63) is 63.8 Å². The minimum Gasteiger partial charge on any atom is -0.478 e. The molecule has 3 rings (SSSR count). The van der Waals surface area contributed by atoms with E-state index in [1.54, 1.807) is 22.9 Å². The number of Topliss-reactive ketones (excluding diaryl/α,β-unsaturated/α-hetero) is 1. The lowest BCUT2D eigenvalue weighted by Gasteiger charge is -2.22. The predicted octanol–water partition coefficient (Wildman–Crippen LogP) is 3.18. The van der Waals surface area contributed by atoms with Crippen LogP contribution < -0.4 is 5.56 Å². The Labute approximate surface area is 157 Å². The van der Waals surface area contributed by atoms with Crippen LogP contribution in [0.1, 0.15) is 59.8 Å². The fourth-order valence-electron chi connectivity index (χ4n) is 3.76. The first-order valence-electron chi connectivity index (χ1n) is 9.34. The fourth-order valence-corrected chi connectivity index (χ4v) is 3.76. The average molecular weight is 368 g/mol. The van der Waals surface area contributed by atoms with Gasteiger partial charge in [-0.2, -0.15) is 0 Å². The molecule has 2 heterocycles. The number of carboxylic acid groups (broad SMARTS) is 1. The first-order chi connectivity index (χ1) is 12.9. The quantitative estimate of drug-likeness (QED) is 0.811. The van der Waals surface area contributed by atoms with E-state index in [0.717, 1.165) is 18.4 Å². The van der Waals surface area contributed by atoms with Crippen LogP contribution in [0, 0.1) is 12.8 Å². The van der Waals surface area contributed by atoms with E-state index in [-0.39, 0.29) is 23.3 Å². The Kier molecular flexibility index (Phi) is 5.84. The van der Waals surface area contributed by atoms with Gasteiger partial charge in [-0.15, -0.1) is 0 Å². The molecule has 1 N–H and O–H groups in total. The Morgan fingerprint density at radius 2 is 2.00 bits per heavy atom. The zero-order valence-electron chi connectivity index (χ0n) is 15.4. The first kappa shape index (κ1) is 19.0. The van der Waals surface area contributed by atoms with Gasteiger partial charge >= 0.3 is 5.97 Å². The maximum atomic E-state index is 13.0. The minimum absolute atomic E-state index is 0.0663. The molecule has 27 heavy (non-hydrogen) atoms. The average Bonchev–Trinajstić information content (AvgIpc) is 3.14. The van der Waals surface area contributed by atoms with E-state index in [0.29, 0.717) is 18.0 Å². The number of aromatic nitrogens is 2. The molecule has 2 aromatic heterocycles. The highest BCUT2D eigenvalue weighted by Crippen LogP contribution is 2.32. The van der Waals surface area contributed by atoms with Gasteiger partial charge in [-0.1, -0.05) is 25.7 Å². The zero-order chi connectivity index (χ0) is 19.4. The van der Waals surface area contributed by atoms with Gasteiger partial charge in [0.05, 0.1) is 18.0 Å². The molecule has 0 bridgehead atoms. The van der Waals surface area contributed by atoms with E-state index in [2.05, 4.69) is 4.98 Å². The van der Waals surface area contributed by atoms with Gasteiger partial charge in [0.25, 0.3) is 5.56 Å². The molecular formula is C21H24N2O4. The third-order valence-electron chi connectivity index (χ3n) is 5.27. The summed E-state index contributed by atoms with van der Waals surface area (Å²) in [6, 6.07) is 5.89. The van der Waals surface area contributed by atoms with Gasteiger partial charge in [0.2, 0.25) is 0 Å². The third kappa shape index (κ3) is 4.70. The molecule has 1 fully saturated rings. The maximum absolute atomic E-state index is 13.0. The van der Waals surface area contributed by atoms with Crippen molar-refractivity contribution in [3.63, 3.8) is 0 Å². The number of carboxylic acids is 1. The van der Waals surface area contributed by atoms with Gasteiger partial charge < -0.3 is 9.67 Å². The largest absolute Gasteiger partial charge is 0.478 e. The number of ketones is 1. The Morgan fingerprint density at radius 1 is 1.26 bits per heavy atom. The van der Waals surface area contributed by atoms with Crippen molar-refractivity contribution in [1.82, 2.24) is 9.55 Å². The number of aryl methyl sites for hydroxylation is 1. The number of carbonyl (C=O) groups is 2. The van der Waals surface area contributed by atoms with E-state index in [4.69, 9.17) is 5.11 Å². The molecule has 0 spiro atoms. The summed E-state index contributed by atoms with van der Waals surface area (Å²) >= 11 is 0. The molecular weight excluding hydrogens is 344 g/mol. The van der Waals surface area contributed by atoms with E-state index >= 15 is 0 Å². The van der Waals surface area contributed by atoms with Crippen molar-refractivity contribution in [1.29, 1.82) is 0 Å². The van der Waals surface area contributed by atoms with E-state index < -0.39 is 12.0 Å². The molecule has 1 aliphatic rings. The molecule has 1 saturated carbocycles. The highest BCUT2D eigenvalue weighted by molar-refractivity contribution is 5.87. The summed E-state index contributed by atoms with van der Waals surface area (Å²) in [7, 11) is 0. The monoisotopic (exact) mass is 368 g/mol. The van der Waals surface area contributed by atoms with Gasteiger partial charge in [0, 0.05) is 24.2 Å². The van der Waals surface area contributed by atoms with Gasteiger partial charge in [0.15, 0.2) is 5.78 Å². The van der Waals surface area contributed by atoms with Crippen LogP contribution in [0.25, 0.3) is 0 Å². The smallest absolute Gasteiger partial charge is 0.337 e. The molecule has 0 aliphatic heterocycles. The number of nitrogens with zero attached hydrogens (tertiary/aromatic N) is 2. The molecule has 0 saturated heterocycles. The molecule has 0 unspecified atom stereocenters. The normalized spacial score (nSPS) is 15.6. The molecule has 1 aliphatic carbocycles. The Morgan fingerprint density at radius 3 is 2.59 bits per heavy atom. The predicted molar refractivity (Wildman–Crippen MR) is 101 cm³/mol. The standard InChI is InChI=1S/C21H24N2O4/c1-14-8-9-23(20(25)10-14)18(11-15-4-2-3-5-15)19(24)12-17-7-6-16(13-22-17)21(26)27/h6-10,13,15,18H,2-5,11-12H2,1H3,(H,26,27)/t18-/m0/s1. The molecule has 6 heteroatoms. The second-order valence-electron chi connectivity index (χ2n) is 7.34. The van der Waals surface area contributed by atoms with Crippen LogP contribution in [-0.2, 0) is 11.2 Å². The summed E-state index contributed by atoms with van der Waals surface area (Å²) in [5.74, 6) is -0.663. The van der Waals surface area contributed by atoms with E-state index in [9.17, 15) is 14.4 Å². The summed E-state index contributed by atoms with van der Waals surface area (Å²) in [5.41, 5.74) is 1.31. The van der Waals surface area contributed by atoms with Crippen molar-refractivity contribution in [2.45, 2.75) is 51.5 Å². The van der Waals surface area contributed by atoms with E-state index in [1.165, 1.54) is 25.1 Å². The molecule has 142 valence electrons. The lowest BCUT2D eigenvalue weighted by atomic mass is 9.93. The molecule has 0 aromatic carbocycles. The second kappa shape index (κ2) is 8.29. The summed E-state index contributed by atoms with van der Waals surface area (Å²) in [5, 5.41) is 8.96. The number of hydrogen-bond acceptors (Lipinski definition) is 4. The molecule has 1 atom stereocenters. The molecule has 0 radical (unpaired) electrons. The highest BCUT2D eigenvalue weighted by atomic mass is 16.4. The van der Waals surface area contributed by atoms with Crippen LogP contribution in [0.5, 0.6) is 0 Å². The number of pyridine rings is 2. The number of aromatic carboxylic acids is 1. The van der Waals surface area contributed by atoms with Crippen molar-refractivity contribution >= 4 is 11.8 Å². The van der Waals surface area contributed by atoms with Crippen LogP contribution in [0.3, 0.4) is 0 Å². The molecule has 2 aromatic rings. The Hall–Kier alpha value is -2.76. The minimum atomic E-state index is -1.05. The van der Waals surface area contributed by atoms with Crippen LogP contribution in [0.2, 0.25) is 0 Å². The van der Waals surface area contributed by atoms with Crippen molar-refractivity contribution in [2.75, 3.05) is 0 Å². The fraction of sp³-hybridized carbons (Fsp3) is 0.429. The topological polar surface area (TPSA) is 89.3 Å². The van der Waals surface area contributed by atoms with Crippen LogP contribution in [-0.4, -0.2) is 26.4 Å². The second-order valence-corrected chi connectivity index (χ2v) is 7.34. The van der Waals surface area contributed by atoms with Crippen LogP contribution >= 0.6 is 0 Å². The summed E-state index contributed by atoms with van der Waals surface area (Å²) in [4.78, 5) is 40.5. The van der Waals surface area contributed by atoms with Crippen LogP contribution in [0.15, 0.2) is 41.5 Å². The van der Waals surface area contributed by atoms with E-state index in [1.807, 2.05) is 13.0 Å². The van der Waals surface area contributed by atoms with Crippen molar-refractivity contribution < 1.29 is 14.7 Å². The first-order valence-corrected chi connectivity index (χ1v) is 9.34. The summed E-state index contributed by atoms with van der Waals surface area (Å²) in [6.45, 7) is 1.85. The highest BCUT2D eigenvalue weighted by Gasteiger charge is 2.27. The van der Waals surface area contributed by atoms with Crippen LogP contribution in [0.4, 0.5) is 0 Å². The van der Waals surface area contributed by atoms with Gasteiger partial charge in [0.1, 0.15) is 0 Å². The number of rotatable bonds is 7. The van der Waals surface area contributed by atoms with Crippen molar-refractivity contribution in [2.24, 2.45) is 5.92 Å². The van der Waals surface area contributed by atoms with Gasteiger partial charge in [-0.05, 0) is 43.0 Å². The third-order valence-corrected chi connectivity index (χ3v) is 5.27. The maximum Gasteiger partial charge on any atom is 0.337 e. The summed E-state index contributed by atoms with van der Waals surface area (Å²) in [6.07, 6.45) is 8.24. The summed E-state index contributed by atoms with van der Waals surface area (Å²) < 4.78 is 1.54. The lowest BCUT2D eigenvalue weighted by Crippen LogP contribution is -2.31. The Bertz CT molecular complexity index is 880. The molecule has 0 amide bonds. The van der Waals surface area contributed by atoms with Crippen molar-refractivity contribution in [3.8, 4) is 0 Å². The van der Waals surface area contributed by atoms with Gasteiger partial charge in [-0.25, -0.2) is 4.79 Å². The Balaban J connectivity index is 1.83. The van der Waals surface area contributed by atoms with Gasteiger partial charge in [-0.3, -0.25) is 14.6 Å². The lowest BCUT2D eigenvalue weighted by molar-refractivity contribution is -0.122.